The third kappa shape index (κ3) is 4.46. The molecule has 1 aliphatic carbocycles. The van der Waals surface area contributed by atoms with Crippen LogP contribution in [0.15, 0.2) is 36.7 Å². The second-order valence-corrected chi connectivity index (χ2v) is 5.95. The van der Waals surface area contributed by atoms with E-state index in [2.05, 4.69) is 20.6 Å². The number of alkyl halides is 3. The lowest BCUT2D eigenvalue weighted by Crippen LogP contribution is -2.33. The van der Waals surface area contributed by atoms with E-state index in [1.165, 1.54) is 24.5 Å². The quantitative estimate of drug-likeness (QED) is 0.877. The van der Waals surface area contributed by atoms with Gasteiger partial charge in [-0.25, -0.2) is 9.97 Å². The fourth-order valence-corrected chi connectivity index (χ4v) is 2.80. The van der Waals surface area contributed by atoms with Crippen LogP contribution in [0.25, 0.3) is 0 Å². The molecule has 0 spiro atoms. The van der Waals surface area contributed by atoms with Gasteiger partial charge in [-0.2, -0.15) is 13.2 Å². The van der Waals surface area contributed by atoms with Crippen molar-refractivity contribution in [1.82, 2.24) is 15.3 Å². The number of halogens is 3. The average Bonchev–Trinajstić information content (AvgIpc) is 3.07. The summed E-state index contributed by atoms with van der Waals surface area (Å²) in [6, 6.07) is 6.36. The molecule has 2 aromatic rings. The van der Waals surface area contributed by atoms with Crippen LogP contribution >= 0.6 is 0 Å². The Kier molecular flexibility index (Phi) is 4.87. The van der Waals surface area contributed by atoms with Gasteiger partial charge in [-0.15, -0.1) is 0 Å². The van der Waals surface area contributed by atoms with Crippen LogP contribution in [0.4, 0.5) is 24.7 Å². The average molecular weight is 350 g/mol. The first-order valence-electron chi connectivity index (χ1n) is 7.99. The monoisotopic (exact) mass is 350 g/mol. The van der Waals surface area contributed by atoms with E-state index in [0.29, 0.717) is 0 Å². The van der Waals surface area contributed by atoms with E-state index in [0.717, 1.165) is 37.8 Å². The molecule has 0 atom stereocenters. The highest BCUT2D eigenvalue weighted by atomic mass is 19.4. The van der Waals surface area contributed by atoms with Gasteiger partial charge in [0.1, 0.15) is 17.8 Å². The molecule has 1 amide bonds. The van der Waals surface area contributed by atoms with Crippen LogP contribution < -0.4 is 10.6 Å². The summed E-state index contributed by atoms with van der Waals surface area (Å²) < 4.78 is 38.3. The predicted molar refractivity (Wildman–Crippen MR) is 86.5 cm³/mol. The number of carbonyl (C=O) groups excluding carboxylic acids is 1. The first kappa shape index (κ1) is 17.2. The van der Waals surface area contributed by atoms with Gasteiger partial charge in [0, 0.05) is 17.8 Å². The van der Waals surface area contributed by atoms with Gasteiger partial charge in [0.25, 0.3) is 5.91 Å². The zero-order chi connectivity index (χ0) is 17.9. The first-order valence-corrected chi connectivity index (χ1v) is 7.99. The van der Waals surface area contributed by atoms with E-state index in [1.807, 2.05) is 0 Å². The number of hydrogen-bond donors (Lipinski definition) is 2. The van der Waals surface area contributed by atoms with Crippen LogP contribution in [0, 0.1) is 0 Å². The maximum Gasteiger partial charge on any atom is 0.416 e. The van der Waals surface area contributed by atoms with Crippen LogP contribution in [-0.4, -0.2) is 21.9 Å². The number of aromatic nitrogens is 2. The summed E-state index contributed by atoms with van der Waals surface area (Å²) in [5.41, 5.74) is -0.349. The molecule has 132 valence electrons. The Balaban J connectivity index is 1.72. The summed E-state index contributed by atoms with van der Waals surface area (Å²) in [6.07, 6.45) is 0.877. The number of rotatable bonds is 4. The second kappa shape index (κ2) is 7.08. The summed E-state index contributed by atoms with van der Waals surface area (Å²) in [4.78, 5) is 20.1. The predicted octanol–water partition coefficient (Wildman–Crippen LogP) is 3.91. The standard InChI is InChI=1S/C17H17F3N4O/c18-17(19,20)11-4-3-7-13(8-11)23-15-9-14(21-10-22-15)16(25)24-12-5-1-2-6-12/h3-4,7-10,12H,1-2,5-6H2,(H,24,25)(H,21,22,23). The Morgan fingerprint density at radius 3 is 2.60 bits per heavy atom. The van der Waals surface area contributed by atoms with Crippen LogP contribution in [0.1, 0.15) is 41.7 Å². The smallest absolute Gasteiger partial charge is 0.348 e. The molecule has 1 heterocycles. The van der Waals surface area contributed by atoms with Crippen molar-refractivity contribution in [2.75, 3.05) is 5.32 Å². The van der Waals surface area contributed by atoms with Crippen molar-refractivity contribution in [3.8, 4) is 0 Å². The Morgan fingerprint density at radius 2 is 1.88 bits per heavy atom. The molecule has 1 aliphatic rings. The molecular weight excluding hydrogens is 333 g/mol. The fourth-order valence-electron chi connectivity index (χ4n) is 2.80. The lowest BCUT2D eigenvalue weighted by Gasteiger charge is -2.12. The highest BCUT2D eigenvalue weighted by Crippen LogP contribution is 2.31. The number of benzene rings is 1. The van der Waals surface area contributed by atoms with E-state index < -0.39 is 11.7 Å². The lowest BCUT2D eigenvalue weighted by atomic mass is 10.2. The molecule has 0 unspecified atom stereocenters. The van der Waals surface area contributed by atoms with Crippen molar-refractivity contribution in [3.05, 3.63) is 47.9 Å². The van der Waals surface area contributed by atoms with E-state index in [9.17, 15) is 18.0 Å². The van der Waals surface area contributed by atoms with Gasteiger partial charge in [0.05, 0.1) is 5.56 Å². The third-order valence-electron chi connectivity index (χ3n) is 4.05. The number of nitrogens with zero attached hydrogens (tertiary/aromatic N) is 2. The summed E-state index contributed by atoms with van der Waals surface area (Å²) >= 11 is 0. The van der Waals surface area contributed by atoms with Gasteiger partial charge in [0.2, 0.25) is 0 Å². The SMILES string of the molecule is O=C(NC1CCCC1)c1cc(Nc2cccc(C(F)(F)F)c2)ncn1. The van der Waals surface area contributed by atoms with Crippen molar-refractivity contribution in [1.29, 1.82) is 0 Å². The molecule has 3 rings (SSSR count). The lowest BCUT2D eigenvalue weighted by molar-refractivity contribution is -0.137. The summed E-state index contributed by atoms with van der Waals surface area (Å²) in [5, 5.41) is 5.68. The zero-order valence-electron chi connectivity index (χ0n) is 13.3. The van der Waals surface area contributed by atoms with Gasteiger partial charge in [0.15, 0.2) is 0 Å². The van der Waals surface area contributed by atoms with Crippen LogP contribution in [0.2, 0.25) is 0 Å². The number of nitrogens with one attached hydrogen (secondary N) is 2. The van der Waals surface area contributed by atoms with Crippen molar-refractivity contribution < 1.29 is 18.0 Å². The molecule has 0 bridgehead atoms. The van der Waals surface area contributed by atoms with Gasteiger partial charge in [-0.3, -0.25) is 4.79 Å². The maximum atomic E-state index is 12.8. The molecule has 0 radical (unpaired) electrons. The Labute approximate surface area is 142 Å². The summed E-state index contributed by atoms with van der Waals surface area (Å²) in [6.45, 7) is 0. The van der Waals surface area contributed by atoms with Crippen molar-refractivity contribution >= 4 is 17.4 Å². The topological polar surface area (TPSA) is 66.9 Å². The van der Waals surface area contributed by atoms with E-state index in [1.54, 1.807) is 0 Å². The van der Waals surface area contributed by atoms with Crippen LogP contribution in [0.5, 0.6) is 0 Å². The molecule has 2 N–H and O–H groups in total. The minimum atomic E-state index is -4.42. The molecule has 8 heteroatoms. The van der Waals surface area contributed by atoms with E-state index in [-0.39, 0.29) is 29.1 Å². The first-order chi connectivity index (χ1) is 11.9. The number of hydrogen-bond acceptors (Lipinski definition) is 4. The number of amides is 1. The Morgan fingerprint density at radius 1 is 1.12 bits per heavy atom. The molecule has 5 nitrogen and oxygen atoms in total. The van der Waals surface area contributed by atoms with Gasteiger partial charge in [-0.1, -0.05) is 18.9 Å². The maximum absolute atomic E-state index is 12.8. The molecule has 1 fully saturated rings. The second-order valence-electron chi connectivity index (χ2n) is 5.95. The minimum absolute atomic E-state index is 0.155. The summed E-state index contributed by atoms with van der Waals surface area (Å²) in [5.74, 6) is -0.0488. The van der Waals surface area contributed by atoms with Crippen LogP contribution in [-0.2, 0) is 6.18 Å². The normalized spacial score (nSPS) is 15.2. The Bertz CT molecular complexity index is 758. The van der Waals surface area contributed by atoms with E-state index in [4.69, 9.17) is 0 Å². The summed E-state index contributed by atoms with van der Waals surface area (Å²) in [7, 11) is 0. The molecule has 25 heavy (non-hydrogen) atoms. The molecule has 0 saturated heterocycles. The Hall–Kier alpha value is -2.64. The highest BCUT2D eigenvalue weighted by Gasteiger charge is 2.30. The van der Waals surface area contributed by atoms with Crippen molar-refractivity contribution in [3.63, 3.8) is 0 Å². The number of carbonyl (C=O) groups is 1. The van der Waals surface area contributed by atoms with Crippen molar-refractivity contribution in [2.24, 2.45) is 0 Å². The largest absolute Gasteiger partial charge is 0.416 e. The third-order valence-corrected chi connectivity index (χ3v) is 4.05. The molecule has 0 aliphatic heterocycles. The zero-order valence-corrected chi connectivity index (χ0v) is 13.3. The minimum Gasteiger partial charge on any atom is -0.348 e. The number of anilines is 2. The molecule has 1 aromatic heterocycles. The van der Waals surface area contributed by atoms with Crippen molar-refractivity contribution in [2.45, 2.75) is 37.9 Å². The van der Waals surface area contributed by atoms with E-state index >= 15 is 0 Å². The van der Waals surface area contributed by atoms with Gasteiger partial charge >= 0.3 is 6.18 Å². The van der Waals surface area contributed by atoms with Gasteiger partial charge < -0.3 is 10.6 Å². The van der Waals surface area contributed by atoms with Crippen LogP contribution in [0.3, 0.4) is 0 Å². The molecule has 1 saturated carbocycles. The molecular formula is C17H17F3N4O. The highest BCUT2D eigenvalue weighted by molar-refractivity contribution is 5.93. The fraction of sp³-hybridized carbons (Fsp3) is 0.353. The van der Waals surface area contributed by atoms with Gasteiger partial charge in [-0.05, 0) is 31.0 Å². The molecule has 1 aromatic carbocycles.